The van der Waals surface area contributed by atoms with Gasteiger partial charge in [0.2, 0.25) is 5.91 Å². The average Bonchev–Trinajstić information content (AvgIpc) is 3.21. The summed E-state index contributed by atoms with van der Waals surface area (Å²) in [5, 5.41) is 11.4. The van der Waals surface area contributed by atoms with Crippen molar-refractivity contribution < 1.29 is 14.1 Å². The molecule has 0 radical (unpaired) electrons. The van der Waals surface area contributed by atoms with Gasteiger partial charge in [0.25, 0.3) is 0 Å². The van der Waals surface area contributed by atoms with E-state index in [0.29, 0.717) is 6.54 Å². The Labute approximate surface area is 140 Å². The normalized spacial score (nSPS) is 21.3. The van der Waals surface area contributed by atoms with Crippen LogP contribution < -0.4 is 5.32 Å². The van der Waals surface area contributed by atoms with E-state index in [1.54, 1.807) is 6.20 Å². The van der Waals surface area contributed by atoms with Gasteiger partial charge < -0.3 is 14.6 Å². The summed E-state index contributed by atoms with van der Waals surface area (Å²) in [6.45, 7) is 4.21. The molecule has 3 rings (SSSR count). The molecular formula is C16H23N5O3. The van der Waals surface area contributed by atoms with Crippen LogP contribution in [0.15, 0.2) is 22.9 Å². The Kier molecular flexibility index (Phi) is 4.96. The number of methoxy groups -OCH3 is 1. The highest BCUT2D eigenvalue weighted by atomic mass is 16.5. The number of nitrogens with zero attached hydrogens (tertiary/aromatic N) is 4. The van der Waals surface area contributed by atoms with E-state index in [2.05, 4.69) is 20.5 Å². The van der Waals surface area contributed by atoms with Crippen molar-refractivity contribution in [1.29, 1.82) is 0 Å². The number of hydrogen-bond acceptors (Lipinski definition) is 6. The summed E-state index contributed by atoms with van der Waals surface area (Å²) in [6.07, 6.45) is 1.78. The molecule has 1 fully saturated rings. The molecular weight excluding hydrogens is 310 g/mol. The molecule has 24 heavy (non-hydrogen) atoms. The van der Waals surface area contributed by atoms with E-state index in [0.717, 1.165) is 30.2 Å². The summed E-state index contributed by atoms with van der Waals surface area (Å²) < 4.78 is 11.9. The fourth-order valence-electron chi connectivity index (χ4n) is 3.31. The third kappa shape index (κ3) is 3.65. The van der Waals surface area contributed by atoms with Crippen molar-refractivity contribution >= 4 is 5.91 Å². The molecule has 2 atom stereocenters. The third-order valence-corrected chi connectivity index (χ3v) is 4.32. The van der Waals surface area contributed by atoms with E-state index in [9.17, 15) is 4.79 Å². The first-order valence-electron chi connectivity index (χ1n) is 7.97. The molecule has 1 aliphatic rings. The second kappa shape index (κ2) is 7.14. The van der Waals surface area contributed by atoms with Crippen LogP contribution >= 0.6 is 0 Å². The third-order valence-electron chi connectivity index (χ3n) is 4.32. The zero-order chi connectivity index (χ0) is 17.1. The van der Waals surface area contributed by atoms with E-state index in [1.807, 2.05) is 30.8 Å². The van der Waals surface area contributed by atoms with Gasteiger partial charge in [-0.05, 0) is 13.0 Å². The molecule has 8 nitrogen and oxygen atoms in total. The molecule has 8 heteroatoms. The van der Waals surface area contributed by atoms with E-state index in [-0.39, 0.29) is 24.5 Å². The highest BCUT2D eigenvalue weighted by Gasteiger charge is 2.36. The van der Waals surface area contributed by atoms with Gasteiger partial charge in [0.15, 0.2) is 0 Å². The van der Waals surface area contributed by atoms with Crippen molar-refractivity contribution in [2.24, 2.45) is 7.05 Å². The summed E-state index contributed by atoms with van der Waals surface area (Å²) >= 11 is 0. The highest BCUT2D eigenvalue weighted by Crippen LogP contribution is 2.28. The van der Waals surface area contributed by atoms with Crippen LogP contribution in [0.1, 0.15) is 23.1 Å². The first-order chi connectivity index (χ1) is 11.6. The molecule has 1 aliphatic heterocycles. The number of likely N-dealkylation sites (tertiary alicyclic amines) is 1. The number of carbonyl (C=O) groups excluding carboxylic acids is 1. The fourth-order valence-corrected chi connectivity index (χ4v) is 3.31. The quantitative estimate of drug-likeness (QED) is 0.826. The summed E-state index contributed by atoms with van der Waals surface area (Å²) in [5.41, 5.74) is 2.01. The van der Waals surface area contributed by atoms with Gasteiger partial charge >= 0.3 is 0 Å². The predicted octanol–water partition coefficient (Wildman–Crippen LogP) is 0.447. The predicted molar refractivity (Wildman–Crippen MR) is 86.3 cm³/mol. The van der Waals surface area contributed by atoms with Crippen molar-refractivity contribution in [3.05, 3.63) is 35.5 Å². The van der Waals surface area contributed by atoms with Gasteiger partial charge in [-0.2, -0.15) is 5.10 Å². The highest BCUT2D eigenvalue weighted by molar-refractivity contribution is 5.77. The summed E-state index contributed by atoms with van der Waals surface area (Å²) in [4.78, 5) is 14.2. The minimum Gasteiger partial charge on any atom is -0.375 e. The van der Waals surface area contributed by atoms with Crippen molar-refractivity contribution in [2.75, 3.05) is 26.8 Å². The average molecular weight is 333 g/mol. The molecule has 0 saturated carbocycles. The van der Waals surface area contributed by atoms with Crippen LogP contribution in [0.5, 0.6) is 0 Å². The molecule has 0 bridgehead atoms. The maximum absolute atomic E-state index is 12.0. The van der Waals surface area contributed by atoms with Crippen LogP contribution in [0.2, 0.25) is 0 Å². The van der Waals surface area contributed by atoms with Crippen molar-refractivity contribution in [3.8, 4) is 0 Å². The molecule has 2 aromatic rings. The Balaban J connectivity index is 1.73. The van der Waals surface area contributed by atoms with Gasteiger partial charge in [-0.25, -0.2) is 0 Å². The molecule has 1 amide bonds. The van der Waals surface area contributed by atoms with Crippen LogP contribution in [0.4, 0.5) is 0 Å². The zero-order valence-corrected chi connectivity index (χ0v) is 14.2. The number of nitrogens with one attached hydrogen (secondary N) is 1. The summed E-state index contributed by atoms with van der Waals surface area (Å²) in [5.74, 6) is 0.873. The lowest BCUT2D eigenvalue weighted by Crippen LogP contribution is -2.41. The molecule has 1 saturated heterocycles. The van der Waals surface area contributed by atoms with Crippen LogP contribution in [0, 0.1) is 6.92 Å². The van der Waals surface area contributed by atoms with E-state index >= 15 is 0 Å². The first kappa shape index (κ1) is 16.7. The number of amides is 1. The number of hydrogen-bond donors (Lipinski definition) is 1. The lowest BCUT2D eigenvalue weighted by atomic mass is 9.99. The molecule has 0 unspecified atom stereocenters. The van der Waals surface area contributed by atoms with Crippen LogP contribution in [-0.4, -0.2) is 58.6 Å². The lowest BCUT2D eigenvalue weighted by Gasteiger charge is -2.20. The minimum absolute atomic E-state index is 0.0102. The SMILES string of the molecule is COCC(=O)N[C@@H]1CN(Cc2cc(C)on2)C[C@H]1c1ccnn1C. The first-order valence-corrected chi connectivity index (χ1v) is 7.97. The second-order valence-electron chi connectivity index (χ2n) is 6.22. The van der Waals surface area contributed by atoms with Gasteiger partial charge in [0.1, 0.15) is 12.4 Å². The minimum atomic E-state index is -0.103. The molecule has 0 aliphatic carbocycles. The largest absolute Gasteiger partial charge is 0.375 e. The Morgan fingerprint density at radius 2 is 2.33 bits per heavy atom. The Morgan fingerprint density at radius 3 is 2.96 bits per heavy atom. The van der Waals surface area contributed by atoms with Crippen molar-refractivity contribution in [3.63, 3.8) is 0 Å². The van der Waals surface area contributed by atoms with E-state index < -0.39 is 0 Å². The Hall–Kier alpha value is -2.19. The number of ether oxygens (including phenoxy) is 1. The lowest BCUT2D eigenvalue weighted by molar-refractivity contribution is -0.125. The second-order valence-corrected chi connectivity index (χ2v) is 6.22. The van der Waals surface area contributed by atoms with Gasteiger partial charge in [0.05, 0.1) is 11.7 Å². The maximum Gasteiger partial charge on any atom is 0.246 e. The number of aryl methyl sites for hydroxylation is 2. The van der Waals surface area contributed by atoms with Crippen molar-refractivity contribution in [1.82, 2.24) is 25.2 Å². The fraction of sp³-hybridized carbons (Fsp3) is 0.562. The van der Waals surface area contributed by atoms with Crippen LogP contribution in [-0.2, 0) is 23.1 Å². The number of aromatic nitrogens is 3. The van der Waals surface area contributed by atoms with E-state index in [1.165, 1.54) is 7.11 Å². The molecule has 0 spiro atoms. The summed E-state index contributed by atoms with van der Waals surface area (Å²) in [6, 6.07) is 3.95. The van der Waals surface area contributed by atoms with E-state index in [4.69, 9.17) is 9.26 Å². The monoisotopic (exact) mass is 333 g/mol. The smallest absolute Gasteiger partial charge is 0.246 e. The standard InChI is InChI=1S/C16H23N5O3/c1-11-6-12(19-24-11)7-21-8-13(15-4-5-17-20(15)2)14(9-21)18-16(22)10-23-3/h4-6,13-14H,7-10H2,1-3H3,(H,18,22)/t13-,14-/m1/s1. The molecule has 1 N–H and O–H groups in total. The number of rotatable bonds is 6. The topological polar surface area (TPSA) is 85.4 Å². The van der Waals surface area contributed by atoms with Gasteiger partial charge in [-0.15, -0.1) is 0 Å². The summed E-state index contributed by atoms with van der Waals surface area (Å²) in [7, 11) is 3.44. The maximum atomic E-state index is 12.0. The Bertz CT molecular complexity index is 695. The molecule has 0 aromatic carbocycles. The number of carbonyl (C=O) groups is 1. The van der Waals surface area contributed by atoms with Crippen molar-refractivity contribution in [2.45, 2.75) is 25.4 Å². The van der Waals surface area contributed by atoms with Gasteiger partial charge in [-0.3, -0.25) is 14.4 Å². The molecule has 2 aromatic heterocycles. The zero-order valence-electron chi connectivity index (χ0n) is 14.2. The Morgan fingerprint density at radius 1 is 1.50 bits per heavy atom. The van der Waals surface area contributed by atoms with Crippen LogP contribution in [0.25, 0.3) is 0 Å². The molecule has 3 heterocycles. The molecule has 130 valence electrons. The van der Waals surface area contributed by atoms with Gasteiger partial charge in [0, 0.05) is 57.7 Å². The van der Waals surface area contributed by atoms with Crippen LogP contribution in [0.3, 0.4) is 0 Å². The van der Waals surface area contributed by atoms with Gasteiger partial charge in [-0.1, -0.05) is 5.16 Å².